The zero-order valence-corrected chi connectivity index (χ0v) is 8.29. The second kappa shape index (κ2) is 3.95. The molecule has 0 bridgehead atoms. The van der Waals surface area contributed by atoms with Crippen LogP contribution in [0.2, 0.25) is 0 Å². The van der Waals surface area contributed by atoms with Crippen LogP contribution in [0.4, 0.5) is 10.5 Å². The van der Waals surface area contributed by atoms with E-state index in [9.17, 15) is 4.79 Å². The molecule has 0 radical (unpaired) electrons. The Morgan fingerprint density at radius 2 is 2.47 bits per heavy atom. The second-order valence-corrected chi connectivity index (χ2v) is 3.01. The lowest BCUT2D eigenvalue weighted by molar-refractivity contribution is 0.196. The lowest BCUT2D eigenvalue weighted by atomic mass is 10.4. The molecule has 6 nitrogen and oxygen atoms in total. The number of aromatic nitrogens is 1. The van der Waals surface area contributed by atoms with Gasteiger partial charge in [-0.1, -0.05) is 0 Å². The van der Waals surface area contributed by atoms with E-state index < -0.39 is 0 Å². The number of hydrazone groups is 1. The van der Waals surface area contributed by atoms with Gasteiger partial charge in [0, 0.05) is 19.5 Å². The number of hydrazine groups is 1. The SMILES string of the molecule is CN(c1cccnc1)N1N=CCNC1=O. The maximum Gasteiger partial charge on any atom is 0.358 e. The zero-order chi connectivity index (χ0) is 10.7. The molecule has 2 rings (SSSR count). The molecule has 1 aliphatic heterocycles. The lowest BCUT2D eigenvalue weighted by Gasteiger charge is -2.30. The molecule has 2 amide bonds. The molecule has 2 heterocycles. The van der Waals surface area contributed by atoms with Crippen molar-refractivity contribution in [1.82, 2.24) is 15.4 Å². The van der Waals surface area contributed by atoms with Crippen LogP contribution < -0.4 is 10.3 Å². The van der Waals surface area contributed by atoms with Gasteiger partial charge in [-0.25, -0.2) is 4.79 Å². The zero-order valence-electron chi connectivity index (χ0n) is 8.29. The van der Waals surface area contributed by atoms with Gasteiger partial charge >= 0.3 is 6.03 Å². The molecule has 15 heavy (non-hydrogen) atoms. The summed E-state index contributed by atoms with van der Waals surface area (Å²) in [5.41, 5.74) is 0.798. The van der Waals surface area contributed by atoms with E-state index in [0.717, 1.165) is 5.69 Å². The van der Waals surface area contributed by atoms with Crippen LogP contribution in [-0.4, -0.2) is 35.9 Å². The number of rotatable bonds is 2. The van der Waals surface area contributed by atoms with Gasteiger partial charge in [0.25, 0.3) is 0 Å². The van der Waals surface area contributed by atoms with E-state index >= 15 is 0 Å². The minimum absolute atomic E-state index is 0.246. The Morgan fingerprint density at radius 1 is 1.60 bits per heavy atom. The standard InChI is InChI=1S/C9H11N5O/c1-13(8-3-2-4-10-7-8)14-9(15)11-5-6-12-14/h2-4,6-7H,5H2,1H3,(H,11,15). The molecule has 0 saturated carbocycles. The number of pyridine rings is 1. The summed E-state index contributed by atoms with van der Waals surface area (Å²) in [6.45, 7) is 0.468. The number of hydrogen-bond donors (Lipinski definition) is 1. The Morgan fingerprint density at radius 3 is 3.13 bits per heavy atom. The summed E-state index contributed by atoms with van der Waals surface area (Å²) in [6.07, 6.45) is 4.97. The van der Waals surface area contributed by atoms with E-state index in [-0.39, 0.29) is 6.03 Å². The number of hydrogen-bond acceptors (Lipinski definition) is 4. The van der Waals surface area contributed by atoms with Crippen molar-refractivity contribution in [2.24, 2.45) is 5.10 Å². The third kappa shape index (κ3) is 1.88. The average molecular weight is 205 g/mol. The van der Waals surface area contributed by atoms with Crippen LogP contribution in [0.5, 0.6) is 0 Å². The average Bonchev–Trinajstić information content (AvgIpc) is 2.30. The predicted molar refractivity (Wildman–Crippen MR) is 56.4 cm³/mol. The first-order valence-corrected chi connectivity index (χ1v) is 4.53. The van der Waals surface area contributed by atoms with E-state index in [0.29, 0.717) is 6.54 Å². The Balaban J connectivity index is 2.20. The normalized spacial score (nSPS) is 15.0. The summed E-state index contributed by atoms with van der Waals surface area (Å²) < 4.78 is 0. The van der Waals surface area contributed by atoms with Crippen molar-refractivity contribution in [2.75, 3.05) is 18.6 Å². The molecule has 1 aromatic heterocycles. The maximum absolute atomic E-state index is 11.4. The van der Waals surface area contributed by atoms with Crippen LogP contribution in [0.1, 0.15) is 0 Å². The summed E-state index contributed by atoms with van der Waals surface area (Å²) in [6, 6.07) is 3.41. The molecule has 1 aromatic rings. The van der Waals surface area contributed by atoms with E-state index in [1.807, 2.05) is 6.07 Å². The van der Waals surface area contributed by atoms with Crippen molar-refractivity contribution >= 4 is 17.9 Å². The number of anilines is 1. The van der Waals surface area contributed by atoms with Gasteiger partial charge < -0.3 is 5.32 Å². The van der Waals surface area contributed by atoms with Crippen molar-refractivity contribution in [3.05, 3.63) is 24.5 Å². The molecular weight excluding hydrogens is 194 g/mol. The number of carbonyl (C=O) groups is 1. The van der Waals surface area contributed by atoms with Gasteiger partial charge in [-0.2, -0.15) is 5.10 Å². The fraction of sp³-hybridized carbons (Fsp3) is 0.222. The van der Waals surface area contributed by atoms with E-state index in [1.165, 1.54) is 5.12 Å². The highest BCUT2D eigenvalue weighted by Gasteiger charge is 2.19. The van der Waals surface area contributed by atoms with Gasteiger partial charge in [0.1, 0.15) is 0 Å². The van der Waals surface area contributed by atoms with Gasteiger partial charge in [-0.3, -0.25) is 9.99 Å². The Hall–Kier alpha value is -2.11. The fourth-order valence-electron chi connectivity index (χ4n) is 1.24. The Kier molecular flexibility index (Phi) is 2.49. The highest BCUT2D eigenvalue weighted by Crippen LogP contribution is 2.13. The molecule has 1 N–H and O–H groups in total. The summed E-state index contributed by atoms with van der Waals surface area (Å²) in [4.78, 5) is 15.4. The van der Waals surface area contributed by atoms with Gasteiger partial charge in [0.2, 0.25) is 0 Å². The molecule has 0 fully saturated rings. The van der Waals surface area contributed by atoms with Crippen molar-refractivity contribution < 1.29 is 4.79 Å². The minimum atomic E-state index is -0.246. The third-order valence-electron chi connectivity index (χ3n) is 2.02. The second-order valence-electron chi connectivity index (χ2n) is 3.01. The molecule has 1 aliphatic rings. The molecule has 0 unspecified atom stereocenters. The number of amides is 2. The van der Waals surface area contributed by atoms with E-state index in [1.54, 1.807) is 36.7 Å². The molecule has 0 aromatic carbocycles. The summed E-state index contributed by atoms with van der Waals surface area (Å²) in [5, 5.41) is 9.51. The first kappa shape index (κ1) is 9.45. The number of urea groups is 1. The van der Waals surface area contributed by atoms with Crippen LogP contribution in [0, 0.1) is 0 Å². The molecular formula is C9H11N5O. The fourth-order valence-corrected chi connectivity index (χ4v) is 1.24. The monoisotopic (exact) mass is 205 g/mol. The largest absolute Gasteiger partial charge is 0.358 e. The molecule has 0 aliphatic carbocycles. The topological polar surface area (TPSA) is 60.8 Å². The van der Waals surface area contributed by atoms with Gasteiger partial charge in [-0.15, -0.1) is 5.12 Å². The van der Waals surface area contributed by atoms with Gasteiger partial charge in [0.15, 0.2) is 0 Å². The Bertz CT molecular complexity index is 377. The molecule has 0 spiro atoms. The highest BCUT2D eigenvalue weighted by molar-refractivity contribution is 5.82. The maximum atomic E-state index is 11.4. The smallest absolute Gasteiger partial charge is 0.330 e. The van der Waals surface area contributed by atoms with Crippen molar-refractivity contribution in [2.45, 2.75) is 0 Å². The first-order chi connectivity index (χ1) is 7.29. The molecule has 0 saturated heterocycles. The van der Waals surface area contributed by atoms with Crippen molar-refractivity contribution in [3.8, 4) is 0 Å². The van der Waals surface area contributed by atoms with Crippen LogP contribution in [-0.2, 0) is 0 Å². The summed E-state index contributed by atoms with van der Waals surface area (Å²) >= 11 is 0. The van der Waals surface area contributed by atoms with E-state index in [4.69, 9.17) is 0 Å². The first-order valence-electron chi connectivity index (χ1n) is 4.53. The number of nitrogens with zero attached hydrogens (tertiary/aromatic N) is 4. The molecule has 6 heteroatoms. The van der Waals surface area contributed by atoms with Gasteiger partial charge in [0.05, 0.1) is 18.4 Å². The third-order valence-corrected chi connectivity index (χ3v) is 2.02. The summed E-state index contributed by atoms with van der Waals surface area (Å²) in [7, 11) is 1.75. The summed E-state index contributed by atoms with van der Waals surface area (Å²) in [5.74, 6) is 0. The number of carbonyl (C=O) groups excluding carboxylic acids is 1. The van der Waals surface area contributed by atoms with Crippen LogP contribution >= 0.6 is 0 Å². The van der Waals surface area contributed by atoms with Crippen LogP contribution in [0.3, 0.4) is 0 Å². The quantitative estimate of drug-likeness (QED) is 0.762. The lowest BCUT2D eigenvalue weighted by Crippen LogP contribution is -2.49. The number of nitrogens with one attached hydrogen (secondary N) is 1. The highest BCUT2D eigenvalue weighted by atomic mass is 16.2. The van der Waals surface area contributed by atoms with Gasteiger partial charge in [-0.05, 0) is 12.1 Å². The minimum Gasteiger partial charge on any atom is -0.330 e. The molecule has 78 valence electrons. The van der Waals surface area contributed by atoms with E-state index in [2.05, 4.69) is 15.4 Å². The predicted octanol–water partition coefficient (Wildman–Crippen LogP) is 0.444. The van der Waals surface area contributed by atoms with Crippen molar-refractivity contribution in [1.29, 1.82) is 0 Å². The van der Waals surface area contributed by atoms with Crippen molar-refractivity contribution in [3.63, 3.8) is 0 Å². The molecule has 0 atom stereocenters. The van der Waals surface area contributed by atoms with Crippen LogP contribution in [0.15, 0.2) is 29.6 Å². The Labute approximate surface area is 87.2 Å². The van der Waals surface area contributed by atoms with Crippen LogP contribution in [0.25, 0.3) is 0 Å².